The Labute approximate surface area is 165 Å². The first-order valence-corrected chi connectivity index (χ1v) is 9.54. The summed E-state index contributed by atoms with van der Waals surface area (Å²) in [5.74, 6) is 1.47. The summed E-state index contributed by atoms with van der Waals surface area (Å²) in [6.07, 6.45) is 4.73. The van der Waals surface area contributed by atoms with Crippen molar-refractivity contribution in [2.75, 3.05) is 19.8 Å². The molecular formula is C20H28N4O4. The SMILES string of the molecule is CCCCOCCCNC(=NCc1ccc([N+](=O)[O-])cc1)NCc1ccco1. The van der Waals surface area contributed by atoms with Gasteiger partial charge in [-0.1, -0.05) is 25.5 Å². The monoisotopic (exact) mass is 388 g/mol. The van der Waals surface area contributed by atoms with Gasteiger partial charge in [-0.2, -0.15) is 0 Å². The lowest BCUT2D eigenvalue weighted by Gasteiger charge is -2.12. The molecule has 0 bridgehead atoms. The standard InChI is InChI=1S/C20H28N4O4/c1-2-3-12-27-13-5-11-21-20(23-16-19-6-4-14-28-19)22-15-17-7-9-18(10-8-17)24(25)26/h4,6-10,14H,2-3,5,11-13,15-16H2,1H3,(H2,21,22,23). The van der Waals surface area contributed by atoms with E-state index in [-0.39, 0.29) is 5.69 Å². The third kappa shape index (κ3) is 8.22. The molecule has 1 aromatic heterocycles. The topological polar surface area (TPSA) is 102 Å². The minimum Gasteiger partial charge on any atom is -0.467 e. The second kappa shape index (κ2) is 12.5. The Bertz CT molecular complexity index is 714. The summed E-state index contributed by atoms with van der Waals surface area (Å²) < 4.78 is 10.9. The lowest BCUT2D eigenvalue weighted by Crippen LogP contribution is -2.37. The highest BCUT2D eigenvalue weighted by atomic mass is 16.6. The average Bonchev–Trinajstić information content (AvgIpc) is 3.22. The van der Waals surface area contributed by atoms with Crippen molar-refractivity contribution < 1.29 is 14.1 Å². The first-order valence-electron chi connectivity index (χ1n) is 9.54. The Kier molecular flexibility index (Phi) is 9.57. The van der Waals surface area contributed by atoms with Crippen molar-refractivity contribution in [2.24, 2.45) is 4.99 Å². The Morgan fingerprint density at radius 3 is 2.64 bits per heavy atom. The van der Waals surface area contributed by atoms with Crippen LogP contribution in [0.3, 0.4) is 0 Å². The number of guanidine groups is 1. The summed E-state index contributed by atoms with van der Waals surface area (Å²) in [7, 11) is 0. The Hall–Kier alpha value is -2.87. The van der Waals surface area contributed by atoms with E-state index in [1.807, 2.05) is 12.1 Å². The van der Waals surface area contributed by atoms with Gasteiger partial charge >= 0.3 is 0 Å². The molecule has 8 nitrogen and oxygen atoms in total. The number of hydrogen-bond donors (Lipinski definition) is 2. The summed E-state index contributed by atoms with van der Waals surface area (Å²) in [5, 5.41) is 17.3. The van der Waals surface area contributed by atoms with Crippen LogP contribution in [0.2, 0.25) is 0 Å². The maximum absolute atomic E-state index is 10.7. The van der Waals surface area contributed by atoms with Gasteiger partial charge in [0.15, 0.2) is 5.96 Å². The van der Waals surface area contributed by atoms with Gasteiger partial charge in [0.25, 0.3) is 5.69 Å². The maximum Gasteiger partial charge on any atom is 0.269 e. The Balaban J connectivity index is 1.84. The first-order chi connectivity index (χ1) is 13.7. The van der Waals surface area contributed by atoms with Crippen LogP contribution in [-0.4, -0.2) is 30.6 Å². The van der Waals surface area contributed by atoms with Gasteiger partial charge in [0.2, 0.25) is 0 Å². The smallest absolute Gasteiger partial charge is 0.269 e. The minimum absolute atomic E-state index is 0.0742. The van der Waals surface area contributed by atoms with Crippen LogP contribution in [-0.2, 0) is 17.8 Å². The van der Waals surface area contributed by atoms with Crippen LogP contribution in [0, 0.1) is 10.1 Å². The molecule has 8 heteroatoms. The molecule has 0 radical (unpaired) electrons. The molecule has 2 rings (SSSR count). The second-order valence-electron chi connectivity index (χ2n) is 6.27. The van der Waals surface area contributed by atoms with E-state index in [2.05, 4.69) is 22.5 Å². The zero-order valence-corrected chi connectivity index (χ0v) is 16.2. The van der Waals surface area contributed by atoms with Gasteiger partial charge in [0.1, 0.15) is 5.76 Å². The molecule has 0 saturated heterocycles. The van der Waals surface area contributed by atoms with Crippen LogP contribution in [0.4, 0.5) is 5.69 Å². The number of furan rings is 1. The zero-order valence-electron chi connectivity index (χ0n) is 16.2. The number of nitrogens with one attached hydrogen (secondary N) is 2. The number of aliphatic imine (C=N–C) groups is 1. The predicted octanol–water partition coefficient (Wildman–Crippen LogP) is 3.63. The van der Waals surface area contributed by atoms with E-state index < -0.39 is 4.92 Å². The van der Waals surface area contributed by atoms with Crippen LogP contribution in [0.15, 0.2) is 52.1 Å². The maximum atomic E-state index is 10.7. The molecule has 0 spiro atoms. The summed E-state index contributed by atoms with van der Waals surface area (Å²) in [6.45, 7) is 5.32. The van der Waals surface area contributed by atoms with E-state index >= 15 is 0 Å². The van der Waals surface area contributed by atoms with Gasteiger partial charge in [0, 0.05) is 31.9 Å². The third-order valence-corrected chi connectivity index (χ3v) is 3.98. The van der Waals surface area contributed by atoms with Gasteiger partial charge in [-0.05, 0) is 30.5 Å². The molecule has 0 atom stereocenters. The van der Waals surface area contributed by atoms with Crippen molar-refractivity contribution in [3.05, 3.63) is 64.1 Å². The first kappa shape index (κ1) is 21.4. The lowest BCUT2D eigenvalue weighted by molar-refractivity contribution is -0.384. The number of non-ortho nitro benzene ring substituents is 1. The molecule has 0 unspecified atom stereocenters. The van der Waals surface area contributed by atoms with E-state index in [1.165, 1.54) is 12.1 Å². The largest absolute Gasteiger partial charge is 0.467 e. The number of nitrogens with zero attached hydrogens (tertiary/aromatic N) is 2. The molecule has 1 heterocycles. The van der Waals surface area contributed by atoms with Crippen LogP contribution >= 0.6 is 0 Å². The number of unbranched alkanes of at least 4 members (excludes halogenated alkanes) is 1. The number of benzene rings is 1. The van der Waals surface area contributed by atoms with Gasteiger partial charge in [0.05, 0.1) is 24.3 Å². The quantitative estimate of drug-likeness (QED) is 0.189. The van der Waals surface area contributed by atoms with E-state index in [9.17, 15) is 10.1 Å². The van der Waals surface area contributed by atoms with Crippen LogP contribution in [0.25, 0.3) is 0 Å². The third-order valence-electron chi connectivity index (χ3n) is 3.98. The fourth-order valence-corrected chi connectivity index (χ4v) is 2.38. The number of rotatable bonds is 12. The number of nitro benzene ring substituents is 1. The molecule has 0 aliphatic heterocycles. The molecule has 0 aliphatic rings. The number of ether oxygens (including phenoxy) is 1. The highest BCUT2D eigenvalue weighted by Gasteiger charge is 2.05. The van der Waals surface area contributed by atoms with Crippen molar-refractivity contribution in [3.8, 4) is 0 Å². The van der Waals surface area contributed by atoms with Crippen LogP contribution < -0.4 is 10.6 Å². The molecule has 28 heavy (non-hydrogen) atoms. The van der Waals surface area contributed by atoms with E-state index in [0.717, 1.165) is 43.7 Å². The van der Waals surface area contributed by atoms with Crippen molar-refractivity contribution in [2.45, 2.75) is 39.3 Å². The summed E-state index contributed by atoms with van der Waals surface area (Å²) in [4.78, 5) is 14.9. The molecule has 0 saturated carbocycles. The molecule has 0 aliphatic carbocycles. The van der Waals surface area contributed by atoms with Crippen molar-refractivity contribution >= 4 is 11.6 Å². The summed E-state index contributed by atoms with van der Waals surface area (Å²) >= 11 is 0. The second-order valence-corrected chi connectivity index (χ2v) is 6.27. The fourth-order valence-electron chi connectivity index (χ4n) is 2.38. The van der Waals surface area contributed by atoms with E-state index in [1.54, 1.807) is 18.4 Å². The van der Waals surface area contributed by atoms with Gasteiger partial charge in [-0.3, -0.25) is 10.1 Å². The molecule has 2 N–H and O–H groups in total. The highest BCUT2D eigenvalue weighted by Crippen LogP contribution is 2.12. The molecule has 2 aromatic rings. The van der Waals surface area contributed by atoms with E-state index in [4.69, 9.17) is 9.15 Å². The van der Waals surface area contributed by atoms with Crippen molar-refractivity contribution in [1.29, 1.82) is 0 Å². The van der Waals surface area contributed by atoms with Crippen LogP contribution in [0.1, 0.15) is 37.5 Å². The number of hydrogen-bond acceptors (Lipinski definition) is 5. The van der Waals surface area contributed by atoms with Gasteiger partial charge in [-0.25, -0.2) is 4.99 Å². The summed E-state index contributed by atoms with van der Waals surface area (Å²) in [6, 6.07) is 10.1. The number of nitro groups is 1. The zero-order chi connectivity index (χ0) is 20.0. The molecular weight excluding hydrogens is 360 g/mol. The average molecular weight is 388 g/mol. The normalized spacial score (nSPS) is 11.4. The van der Waals surface area contributed by atoms with Crippen molar-refractivity contribution in [1.82, 2.24) is 10.6 Å². The molecule has 0 fully saturated rings. The van der Waals surface area contributed by atoms with Crippen LogP contribution in [0.5, 0.6) is 0 Å². The lowest BCUT2D eigenvalue weighted by atomic mass is 10.2. The highest BCUT2D eigenvalue weighted by molar-refractivity contribution is 5.79. The van der Waals surface area contributed by atoms with Gasteiger partial charge < -0.3 is 19.8 Å². The fraction of sp³-hybridized carbons (Fsp3) is 0.450. The summed E-state index contributed by atoms with van der Waals surface area (Å²) in [5.41, 5.74) is 0.970. The predicted molar refractivity (Wildman–Crippen MR) is 108 cm³/mol. The Morgan fingerprint density at radius 1 is 1.18 bits per heavy atom. The minimum atomic E-state index is -0.409. The Morgan fingerprint density at radius 2 is 1.96 bits per heavy atom. The van der Waals surface area contributed by atoms with Crippen molar-refractivity contribution in [3.63, 3.8) is 0 Å². The van der Waals surface area contributed by atoms with Gasteiger partial charge in [-0.15, -0.1) is 0 Å². The molecule has 0 amide bonds. The van der Waals surface area contributed by atoms with E-state index in [0.29, 0.717) is 25.7 Å². The molecule has 152 valence electrons. The molecule has 1 aromatic carbocycles.